The Morgan fingerprint density at radius 3 is 2.45 bits per heavy atom. The molecule has 0 atom stereocenters. The number of amides is 1. The van der Waals surface area contributed by atoms with E-state index < -0.39 is 5.97 Å². The molecule has 0 unspecified atom stereocenters. The maximum atomic E-state index is 11.6. The molecule has 124 valence electrons. The van der Waals surface area contributed by atoms with Crippen LogP contribution >= 0.6 is 22.6 Å². The van der Waals surface area contributed by atoms with E-state index in [1.165, 1.54) is 12.1 Å². The number of benzene rings is 1. The number of hydrogen-bond acceptors (Lipinski definition) is 5. The Morgan fingerprint density at radius 1 is 1.32 bits per heavy atom. The molecule has 0 bridgehead atoms. The molecular weight excluding hydrogens is 399 g/mol. The summed E-state index contributed by atoms with van der Waals surface area (Å²) in [5.41, 5.74) is 0.525. The van der Waals surface area contributed by atoms with E-state index in [9.17, 15) is 14.7 Å². The summed E-state index contributed by atoms with van der Waals surface area (Å²) < 4.78 is 4.80. The van der Waals surface area contributed by atoms with Crippen LogP contribution in [0.3, 0.4) is 0 Å². The van der Waals surface area contributed by atoms with Crippen molar-refractivity contribution in [1.29, 1.82) is 0 Å². The van der Waals surface area contributed by atoms with E-state index in [1.54, 1.807) is 13.0 Å². The molecule has 0 fully saturated rings. The minimum atomic E-state index is -0.588. The number of ether oxygens (including phenoxy) is 1. The van der Waals surface area contributed by atoms with Crippen molar-refractivity contribution in [3.05, 3.63) is 23.8 Å². The number of phenolic OH excluding ortho intramolecular Hbond substituents is 1. The molecule has 0 aromatic heterocycles. The summed E-state index contributed by atoms with van der Waals surface area (Å²) in [6, 6.07) is 4.31. The highest BCUT2D eigenvalue weighted by atomic mass is 127. The SMILES string of the molecule is CCOC(=O)c1ccc(NC(=O)CCN(C)C)cc1O.CI. The number of phenols is 1. The second-order valence-corrected chi connectivity index (χ2v) is 4.55. The first kappa shape index (κ1) is 20.6. The van der Waals surface area contributed by atoms with Crippen molar-refractivity contribution in [2.45, 2.75) is 13.3 Å². The molecule has 0 heterocycles. The summed E-state index contributed by atoms with van der Waals surface area (Å²) in [7, 11) is 3.76. The van der Waals surface area contributed by atoms with Crippen molar-refractivity contribution >= 4 is 40.2 Å². The van der Waals surface area contributed by atoms with Crippen LogP contribution in [0.1, 0.15) is 23.7 Å². The first-order valence-electron chi connectivity index (χ1n) is 6.76. The number of nitrogens with zero attached hydrogens (tertiary/aromatic N) is 1. The van der Waals surface area contributed by atoms with E-state index in [4.69, 9.17) is 4.74 Å². The molecule has 6 nitrogen and oxygen atoms in total. The molecule has 1 rings (SSSR count). The number of carbonyl (C=O) groups is 2. The lowest BCUT2D eigenvalue weighted by Crippen LogP contribution is -2.20. The van der Waals surface area contributed by atoms with Gasteiger partial charge in [-0.15, -0.1) is 0 Å². The van der Waals surface area contributed by atoms with Crippen molar-refractivity contribution in [1.82, 2.24) is 4.90 Å². The zero-order valence-corrected chi connectivity index (χ0v) is 15.5. The molecule has 22 heavy (non-hydrogen) atoms. The van der Waals surface area contributed by atoms with Crippen LogP contribution in [0.25, 0.3) is 0 Å². The van der Waals surface area contributed by atoms with Gasteiger partial charge in [-0.3, -0.25) is 4.79 Å². The molecule has 1 amide bonds. The second-order valence-electron chi connectivity index (χ2n) is 4.55. The van der Waals surface area contributed by atoms with Crippen molar-refractivity contribution in [3.63, 3.8) is 0 Å². The van der Waals surface area contributed by atoms with Gasteiger partial charge in [0.15, 0.2) is 0 Å². The summed E-state index contributed by atoms with van der Waals surface area (Å²) in [5, 5.41) is 12.4. The lowest BCUT2D eigenvalue weighted by molar-refractivity contribution is -0.116. The van der Waals surface area contributed by atoms with Gasteiger partial charge in [0.05, 0.1) is 6.61 Å². The van der Waals surface area contributed by atoms with E-state index in [-0.39, 0.29) is 23.8 Å². The van der Waals surface area contributed by atoms with Crippen LogP contribution in [0.2, 0.25) is 0 Å². The van der Waals surface area contributed by atoms with Crippen LogP contribution in [0, 0.1) is 0 Å². The van der Waals surface area contributed by atoms with Gasteiger partial charge in [0.2, 0.25) is 5.91 Å². The maximum Gasteiger partial charge on any atom is 0.341 e. The lowest BCUT2D eigenvalue weighted by atomic mass is 10.2. The van der Waals surface area contributed by atoms with Crippen LogP contribution < -0.4 is 5.32 Å². The highest BCUT2D eigenvalue weighted by Gasteiger charge is 2.13. The fraction of sp³-hybridized carbons (Fsp3) is 0.467. The van der Waals surface area contributed by atoms with E-state index in [2.05, 4.69) is 27.9 Å². The first-order valence-corrected chi connectivity index (χ1v) is 8.92. The topological polar surface area (TPSA) is 78.9 Å². The lowest BCUT2D eigenvalue weighted by Gasteiger charge is -2.10. The molecule has 1 aromatic carbocycles. The molecule has 2 N–H and O–H groups in total. The van der Waals surface area contributed by atoms with Crippen molar-refractivity contribution in [2.24, 2.45) is 0 Å². The van der Waals surface area contributed by atoms with Gasteiger partial charge in [-0.1, -0.05) is 22.6 Å². The van der Waals surface area contributed by atoms with E-state index in [1.807, 2.05) is 23.9 Å². The van der Waals surface area contributed by atoms with E-state index in [0.29, 0.717) is 18.7 Å². The van der Waals surface area contributed by atoms with Gasteiger partial charge >= 0.3 is 5.97 Å². The Kier molecular flexibility index (Phi) is 10.6. The Labute approximate surface area is 145 Å². The predicted molar refractivity (Wildman–Crippen MR) is 95.8 cm³/mol. The molecule has 1 aromatic rings. The smallest absolute Gasteiger partial charge is 0.341 e. The third kappa shape index (κ3) is 7.60. The number of rotatable bonds is 6. The summed E-state index contributed by atoms with van der Waals surface area (Å²) in [5.74, 6) is -0.952. The van der Waals surface area contributed by atoms with Gasteiger partial charge in [-0.25, -0.2) is 4.79 Å². The van der Waals surface area contributed by atoms with Gasteiger partial charge in [0, 0.05) is 24.7 Å². The van der Waals surface area contributed by atoms with Gasteiger partial charge < -0.3 is 20.1 Å². The van der Waals surface area contributed by atoms with Crippen molar-refractivity contribution in [3.8, 4) is 5.75 Å². The van der Waals surface area contributed by atoms with Gasteiger partial charge in [0.25, 0.3) is 0 Å². The van der Waals surface area contributed by atoms with Crippen LogP contribution in [0.4, 0.5) is 5.69 Å². The predicted octanol–water partition coefficient (Wildman–Crippen LogP) is 2.51. The van der Waals surface area contributed by atoms with Gasteiger partial charge in [0.1, 0.15) is 11.3 Å². The number of aromatic hydroxyl groups is 1. The number of carbonyl (C=O) groups excluding carboxylic acids is 2. The Balaban J connectivity index is 0.00000211. The van der Waals surface area contributed by atoms with Crippen molar-refractivity contribution < 1.29 is 19.4 Å². The second kappa shape index (κ2) is 11.2. The molecule has 0 aliphatic carbocycles. The van der Waals surface area contributed by atoms with Gasteiger partial charge in [-0.2, -0.15) is 0 Å². The fourth-order valence-electron chi connectivity index (χ4n) is 1.54. The monoisotopic (exact) mass is 422 g/mol. The Bertz CT molecular complexity index is 492. The molecule has 0 aliphatic heterocycles. The number of esters is 1. The molecular formula is C15H23IN2O4. The molecule has 0 saturated heterocycles. The zero-order chi connectivity index (χ0) is 17.1. The quantitative estimate of drug-likeness (QED) is 0.419. The minimum absolute atomic E-state index is 0.0816. The Morgan fingerprint density at radius 2 is 1.95 bits per heavy atom. The average Bonchev–Trinajstić information content (AvgIpc) is 2.47. The van der Waals surface area contributed by atoms with Crippen LogP contribution in [0.5, 0.6) is 5.75 Å². The number of alkyl halides is 1. The van der Waals surface area contributed by atoms with Crippen LogP contribution in [-0.4, -0.2) is 54.1 Å². The number of hydrogen-bond donors (Lipinski definition) is 2. The largest absolute Gasteiger partial charge is 0.507 e. The highest BCUT2D eigenvalue weighted by Crippen LogP contribution is 2.22. The fourth-order valence-corrected chi connectivity index (χ4v) is 1.54. The summed E-state index contributed by atoms with van der Waals surface area (Å²) in [6.45, 7) is 2.56. The summed E-state index contributed by atoms with van der Waals surface area (Å²) in [6.07, 6.45) is 0.355. The maximum absolute atomic E-state index is 11.6. The van der Waals surface area contributed by atoms with E-state index in [0.717, 1.165) is 0 Å². The van der Waals surface area contributed by atoms with Crippen LogP contribution in [0.15, 0.2) is 18.2 Å². The number of nitrogens with one attached hydrogen (secondary N) is 1. The Hall–Kier alpha value is -1.35. The third-order valence-corrected chi connectivity index (χ3v) is 2.56. The third-order valence-electron chi connectivity index (χ3n) is 2.56. The highest BCUT2D eigenvalue weighted by molar-refractivity contribution is 14.1. The number of halogens is 1. The summed E-state index contributed by atoms with van der Waals surface area (Å²) >= 11 is 2.15. The normalized spacial score (nSPS) is 9.73. The molecule has 0 aliphatic rings. The van der Waals surface area contributed by atoms with Gasteiger partial charge in [-0.05, 0) is 38.1 Å². The van der Waals surface area contributed by atoms with E-state index >= 15 is 0 Å². The minimum Gasteiger partial charge on any atom is -0.507 e. The molecule has 7 heteroatoms. The zero-order valence-electron chi connectivity index (χ0n) is 13.4. The molecule has 0 spiro atoms. The molecule has 0 saturated carbocycles. The molecule has 0 radical (unpaired) electrons. The van der Waals surface area contributed by atoms with Crippen molar-refractivity contribution in [2.75, 3.05) is 37.5 Å². The number of anilines is 1. The summed E-state index contributed by atoms with van der Waals surface area (Å²) in [4.78, 5) is 27.0. The van der Waals surface area contributed by atoms with Crippen LogP contribution in [-0.2, 0) is 9.53 Å². The average molecular weight is 422 g/mol. The standard InChI is InChI=1S/C14H20N2O4.CH3I/c1-4-20-14(19)11-6-5-10(9-12(11)17)15-13(18)7-8-16(2)3;1-2/h5-6,9,17H,4,7-8H2,1-3H3,(H,15,18);1H3. The first-order chi connectivity index (χ1) is 10.4.